The predicted octanol–water partition coefficient (Wildman–Crippen LogP) is 4.01. The quantitative estimate of drug-likeness (QED) is 0.645. The smallest absolute Gasteiger partial charge is 0.256 e. The maximum Gasteiger partial charge on any atom is 0.256 e. The van der Waals surface area contributed by atoms with E-state index < -0.39 is 0 Å². The Balaban J connectivity index is 1.55. The number of halogens is 1. The number of carbonyl (C=O) groups excluding carboxylic acids is 1. The molecule has 1 aliphatic heterocycles. The van der Waals surface area contributed by atoms with E-state index in [4.69, 9.17) is 9.47 Å². The number of aromatic amines is 1. The van der Waals surface area contributed by atoms with Crippen molar-refractivity contribution in [2.75, 3.05) is 6.79 Å². The van der Waals surface area contributed by atoms with Crippen molar-refractivity contribution in [2.45, 2.75) is 26.4 Å². The number of pyridine rings is 1. The molecule has 0 unspecified atom stereocenters. The van der Waals surface area contributed by atoms with E-state index in [0.29, 0.717) is 17.9 Å². The lowest BCUT2D eigenvalue weighted by Crippen LogP contribution is -2.36. The predicted molar refractivity (Wildman–Crippen MR) is 107 cm³/mol. The van der Waals surface area contributed by atoms with Crippen LogP contribution in [0.1, 0.15) is 30.0 Å². The van der Waals surface area contributed by atoms with Crippen LogP contribution in [0.4, 0.5) is 0 Å². The summed E-state index contributed by atoms with van der Waals surface area (Å²) >= 11 is 3.36. The zero-order chi connectivity index (χ0) is 19.7. The van der Waals surface area contributed by atoms with Crippen LogP contribution in [0.15, 0.2) is 47.3 Å². The first kappa shape index (κ1) is 18.5. The van der Waals surface area contributed by atoms with Crippen molar-refractivity contribution < 1.29 is 14.3 Å². The van der Waals surface area contributed by atoms with E-state index in [9.17, 15) is 4.79 Å². The van der Waals surface area contributed by atoms with E-state index in [-0.39, 0.29) is 18.7 Å². The fourth-order valence-corrected chi connectivity index (χ4v) is 3.36. The number of amides is 1. The molecule has 1 aliphatic rings. The van der Waals surface area contributed by atoms with Crippen LogP contribution in [0.3, 0.4) is 0 Å². The van der Waals surface area contributed by atoms with Gasteiger partial charge in [0.05, 0.1) is 24.0 Å². The third-order valence-electron chi connectivity index (χ3n) is 4.47. The van der Waals surface area contributed by atoms with Gasteiger partial charge in [0, 0.05) is 28.5 Å². The Kier molecular flexibility index (Phi) is 5.04. The number of aromatic nitrogens is 3. The molecular formula is C20H19BrN4O3. The number of rotatable bonds is 5. The lowest BCUT2D eigenvalue weighted by Gasteiger charge is -2.26. The zero-order valence-electron chi connectivity index (χ0n) is 15.5. The van der Waals surface area contributed by atoms with Gasteiger partial charge in [-0.05, 0) is 54.0 Å². The molecule has 7 nitrogen and oxygen atoms in total. The van der Waals surface area contributed by atoms with Crippen LogP contribution in [0.5, 0.6) is 11.5 Å². The summed E-state index contributed by atoms with van der Waals surface area (Å²) in [6, 6.07) is 7.51. The van der Waals surface area contributed by atoms with Crippen molar-refractivity contribution in [1.82, 2.24) is 19.9 Å². The Morgan fingerprint density at radius 2 is 2.04 bits per heavy atom. The Labute approximate surface area is 170 Å². The summed E-state index contributed by atoms with van der Waals surface area (Å²) in [5.74, 6) is 2.07. The van der Waals surface area contributed by atoms with Crippen molar-refractivity contribution in [3.05, 3.63) is 58.7 Å². The highest BCUT2D eigenvalue weighted by atomic mass is 79.9. The minimum atomic E-state index is -0.0928. The van der Waals surface area contributed by atoms with Crippen LogP contribution < -0.4 is 9.47 Å². The molecular weight excluding hydrogens is 424 g/mol. The van der Waals surface area contributed by atoms with E-state index in [0.717, 1.165) is 27.2 Å². The maximum atomic E-state index is 12.9. The number of imidazole rings is 1. The second-order valence-corrected chi connectivity index (χ2v) is 7.65. The van der Waals surface area contributed by atoms with Gasteiger partial charge >= 0.3 is 0 Å². The first-order valence-corrected chi connectivity index (χ1v) is 9.66. The SMILES string of the molecule is CC(C)N(Cc1ncc(-c2ccc3c(c2)OCO3)[nH]1)C(=O)c1cncc(Br)c1. The van der Waals surface area contributed by atoms with Crippen molar-refractivity contribution >= 4 is 21.8 Å². The third kappa shape index (κ3) is 3.73. The maximum absolute atomic E-state index is 12.9. The first-order chi connectivity index (χ1) is 13.5. The molecule has 0 saturated carbocycles. The van der Waals surface area contributed by atoms with Crippen molar-refractivity contribution in [3.63, 3.8) is 0 Å². The van der Waals surface area contributed by atoms with Gasteiger partial charge in [0.1, 0.15) is 5.82 Å². The van der Waals surface area contributed by atoms with Gasteiger partial charge in [-0.2, -0.15) is 0 Å². The number of nitrogens with one attached hydrogen (secondary N) is 1. The number of hydrogen-bond donors (Lipinski definition) is 1. The Hall–Kier alpha value is -2.87. The molecule has 4 rings (SSSR count). The summed E-state index contributed by atoms with van der Waals surface area (Å²) in [7, 11) is 0. The molecule has 2 aromatic heterocycles. The van der Waals surface area contributed by atoms with Gasteiger partial charge in [-0.25, -0.2) is 4.98 Å². The second-order valence-electron chi connectivity index (χ2n) is 6.73. The van der Waals surface area contributed by atoms with E-state index in [1.54, 1.807) is 29.6 Å². The molecule has 28 heavy (non-hydrogen) atoms. The van der Waals surface area contributed by atoms with Crippen LogP contribution in [-0.2, 0) is 6.54 Å². The molecule has 0 bridgehead atoms. The fourth-order valence-electron chi connectivity index (χ4n) is 3.00. The summed E-state index contributed by atoms with van der Waals surface area (Å²) in [5, 5.41) is 0. The highest BCUT2D eigenvalue weighted by molar-refractivity contribution is 9.10. The molecule has 0 saturated heterocycles. The Bertz CT molecular complexity index is 1020. The third-order valence-corrected chi connectivity index (χ3v) is 4.90. The van der Waals surface area contributed by atoms with Crippen LogP contribution in [0, 0.1) is 0 Å². The molecule has 0 fully saturated rings. The van der Waals surface area contributed by atoms with Crippen molar-refractivity contribution in [2.24, 2.45) is 0 Å². The van der Waals surface area contributed by atoms with Crippen LogP contribution in [0.25, 0.3) is 11.3 Å². The summed E-state index contributed by atoms with van der Waals surface area (Å²) in [4.78, 5) is 26.5. The van der Waals surface area contributed by atoms with Gasteiger partial charge in [-0.15, -0.1) is 0 Å². The Morgan fingerprint density at radius 3 is 2.82 bits per heavy atom. The molecule has 0 aliphatic carbocycles. The van der Waals surface area contributed by atoms with Crippen molar-refractivity contribution in [3.8, 4) is 22.8 Å². The number of carbonyl (C=O) groups is 1. The van der Waals surface area contributed by atoms with Gasteiger partial charge in [-0.1, -0.05) is 0 Å². The summed E-state index contributed by atoms with van der Waals surface area (Å²) in [5.41, 5.74) is 2.33. The number of benzene rings is 1. The van der Waals surface area contributed by atoms with Gasteiger partial charge in [0.2, 0.25) is 6.79 Å². The topological polar surface area (TPSA) is 80.3 Å². The van der Waals surface area contributed by atoms with E-state index >= 15 is 0 Å². The fraction of sp³-hybridized carbons (Fsp3) is 0.250. The second kappa shape index (κ2) is 7.63. The molecule has 3 aromatic rings. The highest BCUT2D eigenvalue weighted by Crippen LogP contribution is 2.35. The van der Waals surface area contributed by atoms with Crippen LogP contribution >= 0.6 is 15.9 Å². The van der Waals surface area contributed by atoms with Crippen LogP contribution in [-0.4, -0.2) is 38.6 Å². The minimum Gasteiger partial charge on any atom is -0.454 e. The van der Waals surface area contributed by atoms with Gasteiger partial charge in [0.15, 0.2) is 11.5 Å². The Morgan fingerprint density at radius 1 is 1.21 bits per heavy atom. The summed E-state index contributed by atoms with van der Waals surface area (Å²) < 4.78 is 11.6. The molecule has 0 spiro atoms. The normalized spacial score (nSPS) is 12.4. The highest BCUT2D eigenvalue weighted by Gasteiger charge is 2.21. The molecule has 1 amide bonds. The molecule has 0 radical (unpaired) electrons. The molecule has 1 aromatic carbocycles. The molecule has 8 heteroatoms. The average Bonchev–Trinajstić information content (AvgIpc) is 3.34. The van der Waals surface area contributed by atoms with E-state index in [1.165, 1.54) is 0 Å². The lowest BCUT2D eigenvalue weighted by molar-refractivity contribution is 0.0685. The number of nitrogens with zero attached hydrogens (tertiary/aromatic N) is 3. The first-order valence-electron chi connectivity index (χ1n) is 8.86. The van der Waals surface area contributed by atoms with E-state index in [2.05, 4.69) is 30.9 Å². The standard InChI is InChI=1S/C20H19BrN4O3/c1-12(2)25(20(26)14-5-15(21)8-22-7-14)10-19-23-9-16(24-19)13-3-4-17-18(6-13)28-11-27-17/h3-9,12H,10-11H2,1-2H3,(H,23,24). The molecule has 1 N–H and O–H groups in total. The van der Waals surface area contributed by atoms with Gasteiger partial charge in [0.25, 0.3) is 5.91 Å². The molecule has 3 heterocycles. The minimum absolute atomic E-state index is 0.00516. The summed E-state index contributed by atoms with van der Waals surface area (Å²) in [6.45, 7) is 4.56. The number of fused-ring (bicyclic) bond motifs is 1. The average molecular weight is 443 g/mol. The number of H-pyrrole nitrogens is 1. The van der Waals surface area contributed by atoms with Gasteiger partial charge in [-0.3, -0.25) is 9.78 Å². The monoisotopic (exact) mass is 442 g/mol. The van der Waals surface area contributed by atoms with Crippen molar-refractivity contribution in [1.29, 1.82) is 0 Å². The van der Waals surface area contributed by atoms with E-state index in [1.807, 2.05) is 32.0 Å². The number of hydrogen-bond acceptors (Lipinski definition) is 5. The zero-order valence-corrected chi connectivity index (χ0v) is 17.1. The molecule has 0 atom stereocenters. The van der Waals surface area contributed by atoms with Crippen LogP contribution in [0.2, 0.25) is 0 Å². The molecule has 144 valence electrons. The number of ether oxygens (including phenoxy) is 2. The summed E-state index contributed by atoms with van der Waals surface area (Å²) in [6.07, 6.45) is 4.99. The van der Waals surface area contributed by atoms with Gasteiger partial charge < -0.3 is 19.4 Å². The largest absolute Gasteiger partial charge is 0.454 e. The lowest BCUT2D eigenvalue weighted by atomic mass is 10.1.